The molecule has 0 radical (unpaired) electrons. The van der Waals surface area contributed by atoms with E-state index in [4.69, 9.17) is 4.98 Å². The van der Waals surface area contributed by atoms with Gasteiger partial charge in [-0.3, -0.25) is 19.1 Å². The van der Waals surface area contributed by atoms with Crippen LogP contribution in [0, 0.1) is 0 Å². The molecule has 1 aliphatic carbocycles. The smallest absolute Gasteiger partial charge is 0.253 e. The summed E-state index contributed by atoms with van der Waals surface area (Å²) in [4.78, 5) is 33.1. The average molecular weight is 417 g/mol. The van der Waals surface area contributed by atoms with E-state index in [1.54, 1.807) is 0 Å². The first kappa shape index (κ1) is 19.8. The molecule has 31 heavy (non-hydrogen) atoms. The lowest BCUT2D eigenvalue weighted by Gasteiger charge is -2.25. The number of anilines is 1. The standard InChI is InChI=1S/C25H28N4O2/c30-23(26-17-18-10-4-3-5-11-18)16-22-24(31)28(19-12-6-1-2-7-13-19)25-27-20-14-8-9-15-21(20)29(22)25/h3-5,8-11,14-15,19,22H,1-2,6-7,12-13,16-17H2,(H,26,30). The molecular weight excluding hydrogens is 388 g/mol. The largest absolute Gasteiger partial charge is 0.352 e. The lowest BCUT2D eigenvalue weighted by molar-refractivity contribution is -0.127. The van der Waals surface area contributed by atoms with E-state index in [-0.39, 0.29) is 24.3 Å². The summed E-state index contributed by atoms with van der Waals surface area (Å²) in [6, 6.07) is 17.3. The second-order valence-electron chi connectivity index (χ2n) is 8.61. The van der Waals surface area contributed by atoms with Gasteiger partial charge in [-0.1, -0.05) is 68.1 Å². The third-order valence-corrected chi connectivity index (χ3v) is 6.53. The van der Waals surface area contributed by atoms with Crippen molar-refractivity contribution in [3.63, 3.8) is 0 Å². The number of amides is 2. The Morgan fingerprint density at radius 1 is 0.968 bits per heavy atom. The van der Waals surface area contributed by atoms with Crippen LogP contribution >= 0.6 is 0 Å². The van der Waals surface area contributed by atoms with Gasteiger partial charge in [-0.15, -0.1) is 0 Å². The van der Waals surface area contributed by atoms with E-state index in [0.717, 1.165) is 42.3 Å². The molecule has 2 heterocycles. The van der Waals surface area contributed by atoms with Crippen LogP contribution in [-0.4, -0.2) is 27.4 Å². The minimum atomic E-state index is -0.540. The van der Waals surface area contributed by atoms with E-state index in [2.05, 4.69) is 5.32 Å². The molecule has 1 atom stereocenters. The number of carbonyl (C=O) groups is 2. The monoisotopic (exact) mass is 416 g/mol. The molecule has 160 valence electrons. The Labute approximate surface area is 182 Å². The highest BCUT2D eigenvalue weighted by Gasteiger charge is 2.43. The molecular formula is C25H28N4O2. The SMILES string of the molecule is O=C(CC1C(=O)N(C2CCCCCC2)c2nc3ccccc3n21)NCc1ccccc1. The predicted molar refractivity (Wildman–Crippen MR) is 121 cm³/mol. The van der Waals surface area contributed by atoms with Crippen LogP contribution in [0.1, 0.15) is 56.6 Å². The number of rotatable bonds is 5. The van der Waals surface area contributed by atoms with Crippen molar-refractivity contribution in [2.75, 3.05) is 4.90 Å². The van der Waals surface area contributed by atoms with Crippen LogP contribution in [0.3, 0.4) is 0 Å². The van der Waals surface area contributed by atoms with Gasteiger partial charge in [0.25, 0.3) is 5.91 Å². The van der Waals surface area contributed by atoms with Crippen LogP contribution in [0.25, 0.3) is 11.0 Å². The normalized spacial score (nSPS) is 19.4. The summed E-state index contributed by atoms with van der Waals surface area (Å²) in [7, 11) is 0. The van der Waals surface area contributed by atoms with Gasteiger partial charge < -0.3 is 5.32 Å². The number of carbonyl (C=O) groups excluding carboxylic acids is 2. The van der Waals surface area contributed by atoms with Crippen LogP contribution in [0.2, 0.25) is 0 Å². The number of para-hydroxylation sites is 2. The summed E-state index contributed by atoms with van der Waals surface area (Å²) in [5.41, 5.74) is 2.84. The molecule has 1 aromatic heterocycles. The molecule has 0 bridgehead atoms. The van der Waals surface area contributed by atoms with Crippen molar-refractivity contribution < 1.29 is 9.59 Å². The molecule has 1 aliphatic heterocycles. The molecule has 3 aromatic rings. The van der Waals surface area contributed by atoms with Crippen LogP contribution in [0.4, 0.5) is 5.95 Å². The summed E-state index contributed by atoms with van der Waals surface area (Å²) >= 11 is 0. The van der Waals surface area contributed by atoms with Crippen LogP contribution in [0.15, 0.2) is 54.6 Å². The molecule has 1 N–H and O–H groups in total. The first-order valence-corrected chi connectivity index (χ1v) is 11.3. The molecule has 6 nitrogen and oxygen atoms in total. The van der Waals surface area contributed by atoms with Crippen LogP contribution < -0.4 is 10.2 Å². The molecule has 6 heteroatoms. The van der Waals surface area contributed by atoms with Gasteiger partial charge >= 0.3 is 0 Å². The fourth-order valence-electron chi connectivity index (χ4n) is 4.96. The molecule has 2 aliphatic rings. The van der Waals surface area contributed by atoms with E-state index in [0.29, 0.717) is 12.5 Å². The second kappa shape index (κ2) is 8.53. The highest BCUT2D eigenvalue weighted by molar-refractivity contribution is 6.04. The predicted octanol–water partition coefficient (Wildman–Crippen LogP) is 4.35. The molecule has 5 rings (SSSR count). The summed E-state index contributed by atoms with van der Waals surface area (Å²) in [5, 5.41) is 2.98. The summed E-state index contributed by atoms with van der Waals surface area (Å²) in [6.07, 6.45) is 6.85. The number of fused-ring (bicyclic) bond motifs is 3. The first-order valence-electron chi connectivity index (χ1n) is 11.3. The van der Waals surface area contributed by atoms with Crippen molar-refractivity contribution >= 4 is 28.8 Å². The fraction of sp³-hybridized carbons (Fsp3) is 0.400. The first-order chi connectivity index (χ1) is 15.2. The van der Waals surface area contributed by atoms with E-state index in [1.807, 2.05) is 64.1 Å². The number of nitrogens with zero attached hydrogens (tertiary/aromatic N) is 3. The third-order valence-electron chi connectivity index (χ3n) is 6.53. The topological polar surface area (TPSA) is 67.2 Å². The van der Waals surface area contributed by atoms with Gasteiger partial charge in [-0.05, 0) is 30.5 Å². The zero-order chi connectivity index (χ0) is 21.2. The molecule has 1 fully saturated rings. The highest BCUT2D eigenvalue weighted by atomic mass is 16.2. The molecule has 1 unspecified atom stereocenters. The Morgan fingerprint density at radius 3 is 2.45 bits per heavy atom. The van der Waals surface area contributed by atoms with Gasteiger partial charge in [-0.25, -0.2) is 4.98 Å². The molecule has 0 saturated heterocycles. The zero-order valence-electron chi connectivity index (χ0n) is 17.7. The van der Waals surface area contributed by atoms with Gasteiger partial charge in [0.15, 0.2) is 0 Å². The Kier molecular flexibility index (Phi) is 5.45. The Bertz CT molecular complexity index is 1080. The maximum Gasteiger partial charge on any atom is 0.253 e. The number of aromatic nitrogens is 2. The fourth-order valence-corrected chi connectivity index (χ4v) is 4.96. The number of hydrogen-bond donors (Lipinski definition) is 1. The third kappa shape index (κ3) is 3.82. The van der Waals surface area contributed by atoms with Gasteiger partial charge in [0.2, 0.25) is 11.9 Å². The number of benzene rings is 2. The molecule has 2 amide bonds. The van der Waals surface area contributed by atoms with Crippen molar-refractivity contribution in [1.82, 2.24) is 14.9 Å². The number of imidazole rings is 1. The van der Waals surface area contributed by atoms with Crippen LogP contribution in [-0.2, 0) is 16.1 Å². The lowest BCUT2D eigenvalue weighted by atomic mass is 10.1. The van der Waals surface area contributed by atoms with Gasteiger partial charge in [0.1, 0.15) is 6.04 Å². The minimum absolute atomic E-state index is 0.00927. The highest BCUT2D eigenvalue weighted by Crippen LogP contribution is 2.39. The van der Waals surface area contributed by atoms with Crippen molar-refractivity contribution in [1.29, 1.82) is 0 Å². The second-order valence-corrected chi connectivity index (χ2v) is 8.61. The molecule has 1 saturated carbocycles. The maximum absolute atomic E-state index is 13.6. The van der Waals surface area contributed by atoms with E-state index < -0.39 is 6.04 Å². The summed E-state index contributed by atoms with van der Waals surface area (Å²) in [5.74, 6) is 0.600. The van der Waals surface area contributed by atoms with Gasteiger partial charge in [0, 0.05) is 12.6 Å². The number of hydrogen-bond acceptors (Lipinski definition) is 3. The van der Waals surface area contributed by atoms with Gasteiger partial charge in [0.05, 0.1) is 17.5 Å². The molecule has 2 aromatic carbocycles. The maximum atomic E-state index is 13.6. The van der Waals surface area contributed by atoms with Crippen molar-refractivity contribution in [2.45, 2.75) is 63.6 Å². The van der Waals surface area contributed by atoms with E-state index in [9.17, 15) is 9.59 Å². The Hall–Kier alpha value is -3.15. The summed E-state index contributed by atoms with van der Waals surface area (Å²) < 4.78 is 1.99. The quantitative estimate of drug-likeness (QED) is 0.629. The summed E-state index contributed by atoms with van der Waals surface area (Å²) in [6.45, 7) is 0.463. The lowest BCUT2D eigenvalue weighted by Crippen LogP contribution is -2.40. The average Bonchev–Trinajstić information content (AvgIpc) is 3.13. The van der Waals surface area contributed by atoms with Crippen molar-refractivity contribution in [2.24, 2.45) is 0 Å². The molecule has 0 spiro atoms. The van der Waals surface area contributed by atoms with E-state index >= 15 is 0 Å². The Balaban J connectivity index is 1.42. The zero-order valence-corrected chi connectivity index (χ0v) is 17.7. The Morgan fingerprint density at radius 2 is 1.68 bits per heavy atom. The minimum Gasteiger partial charge on any atom is -0.352 e. The van der Waals surface area contributed by atoms with Crippen molar-refractivity contribution in [3.8, 4) is 0 Å². The van der Waals surface area contributed by atoms with E-state index in [1.165, 1.54) is 12.8 Å². The van der Waals surface area contributed by atoms with Crippen molar-refractivity contribution in [3.05, 3.63) is 60.2 Å². The van der Waals surface area contributed by atoms with Gasteiger partial charge in [-0.2, -0.15) is 0 Å². The number of nitrogens with one attached hydrogen (secondary N) is 1. The van der Waals surface area contributed by atoms with Crippen LogP contribution in [0.5, 0.6) is 0 Å².